The molecule has 0 aliphatic carbocycles. The largest absolute Gasteiger partial charge is 0.342 e. The second-order valence-corrected chi connectivity index (χ2v) is 9.01. The van der Waals surface area contributed by atoms with E-state index in [0.717, 1.165) is 10.5 Å². The highest BCUT2D eigenvalue weighted by molar-refractivity contribution is 8.01. The summed E-state index contributed by atoms with van der Waals surface area (Å²) in [4.78, 5) is 30.7. The van der Waals surface area contributed by atoms with Gasteiger partial charge in [-0.15, -0.1) is 11.8 Å². The van der Waals surface area contributed by atoms with Crippen LogP contribution >= 0.6 is 35.0 Å². The number of aryl methyl sites for hydroxylation is 1. The SMILES string of the molecule is Cn1ccnc1C(NC(=O)CC1Sc2ccc(Cl)cc2NC1=O)c1ccc(Cl)cc1. The maximum Gasteiger partial charge on any atom is 0.238 e. The maximum absolute atomic E-state index is 12.9. The Bertz CT molecular complexity index is 1100. The molecule has 2 atom stereocenters. The molecule has 9 heteroatoms. The minimum absolute atomic E-state index is 0.0348. The van der Waals surface area contributed by atoms with Crippen molar-refractivity contribution in [3.63, 3.8) is 0 Å². The number of halogens is 2. The Morgan fingerprint density at radius 3 is 2.67 bits per heavy atom. The van der Waals surface area contributed by atoms with Crippen molar-refractivity contribution in [2.24, 2.45) is 7.05 Å². The summed E-state index contributed by atoms with van der Waals surface area (Å²) >= 11 is 13.4. The lowest BCUT2D eigenvalue weighted by Crippen LogP contribution is -2.37. The van der Waals surface area contributed by atoms with E-state index < -0.39 is 11.3 Å². The van der Waals surface area contributed by atoms with Crippen LogP contribution in [-0.2, 0) is 16.6 Å². The summed E-state index contributed by atoms with van der Waals surface area (Å²) in [5.74, 6) is 0.222. The minimum Gasteiger partial charge on any atom is -0.342 e. The quantitative estimate of drug-likeness (QED) is 0.589. The van der Waals surface area contributed by atoms with E-state index in [1.807, 2.05) is 36.0 Å². The van der Waals surface area contributed by atoms with Crippen LogP contribution in [0, 0.1) is 0 Å². The monoisotopic (exact) mass is 460 g/mol. The number of anilines is 1. The van der Waals surface area contributed by atoms with E-state index in [2.05, 4.69) is 15.6 Å². The Morgan fingerprint density at radius 2 is 1.97 bits per heavy atom. The van der Waals surface area contributed by atoms with E-state index in [9.17, 15) is 9.59 Å². The molecule has 2 N–H and O–H groups in total. The average Bonchev–Trinajstić information content (AvgIpc) is 3.13. The number of nitrogens with one attached hydrogen (secondary N) is 2. The van der Waals surface area contributed by atoms with Gasteiger partial charge >= 0.3 is 0 Å². The van der Waals surface area contributed by atoms with Gasteiger partial charge in [0.05, 0.1) is 10.9 Å². The van der Waals surface area contributed by atoms with Gasteiger partial charge in [0.25, 0.3) is 0 Å². The molecule has 2 unspecified atom stereocenters. The van der Waals surface area contributed by atoms with Crippen molar-refractivity contribution in [3.05, 3.63) is 76.3 Å². The molecule has 2 aromatic carbocycles. The van der Waals surface area contributed by atoms with Gasteiger partial charge in [-0.3, -0.25) is 9.59 Å². The highest BCUT2D eigenvalue weighted by atomic mass is 35.5. The molecule has 2 amide bonds. The fraction of sp³-hybridized carbons (Fsp3) is 0.190. The van der Waals surface area contributed by atoms with Crippen LogP contribution in [0.5, 0.6) is 0 Å². The predicted octanol–water partition coefficient (Wildman–Crippen LogP) is 4.44. The molecule has 0 spiro atoms. The summed E-state index contributed by atoms with van der Waals surface area (Å²) in [6, 6.07) is 12.1. The fourth-order valence-corrected chi connectivity index (χ4v) is 4.64. The standard InChI is InChI=1S/C21H18Cl2N4O2S/c1-27-9-8-24-20(27)19(12-2-4-13(22)5-3-12)26-18(28)11-17-21(29)25-15-10-14(23)6-7-16(15)30-17/h2-10,17,19H,11H2,1H3,(H,25,29)(H,26,28). The van der Waals surface area contributed by atoms with Gasteiger partial charge in [-0.2, -0.15) is 0 Å². The molecule has 0 saturated carbocycles. The van der Waals surface area contributed by atoms with Crippen LogP contribution in [0.2, 0.25) is 10.0 Å². The Labute approximate surface area is 188 Å². The van der Waals surface area contributed by atoms with E-state index >= 15 is 0 Å². The van der Waals surface area contributed by atoms with Crippen LogP contribution in [0.25, 0.3) is 0 Å². The highest BCUT2D eigenvalue weighted by Gasteiger charge is 2.30. The first-order chi connectivity index (χ1) is 14.4. The molecule has 0 radical (unpaired) electrons. The lowest BCUT2D eigenvalue weighted by Gasteiger charge is -2.25. The topological polar surface area (TPSA) is 76.0 Å². The summed E-state index contributed by atoms with van der Waals surface area (Å²) in [6.07, 6.45) is 3.53. The van der Waals surface area contributed by atoms with Crippen molar-refractivity contribution in [1.82, 2.24) is 14.9 Å². The zero-order valence-electron chi connectivity index (χ0n) is 15.9. The molecule has 2 heterocycles. The molecule has 4 rings (SSSR count). The van der Waals surface area contributed by atoms with Gasteiger partial charge < -0.3 is 15.2 Å². The van der Waals surface area contributed by atoms with Gasteiger partial charge in [0.2, 0.25) is 11.8 Å². The number of fused-ring (bicyclic) bond motifs is 1. The summed E-state index contributed by atoms with van der Waals surface area (Å²) in [6.45, 7) is 0. The molecular weight excluding hydrogens is 443 g/mol. The summed E-state index contributed by atoms with van der Waals surface area (Å²) in [5.41, 5.74) is 1.52. The molecule has 6 nitrogen and oxygen atoms in total. The van der Waals surface area contributed by atoms with Crippen LogP contribution in [0.1, 0.15) is 23.9 Å². The fourth-order valence-electron chi connectivity index (χ4n) is 3.25. The normalized spacial score (nSPS) is 16.5. The predicted molar refractivity (Wildman–Crippen MR) is 119 cm³/mol. The number of hydrogen-bond acceptors (Lipinski definition) is 4. The van der Waals surface area contributed by atoms with Gasteiger partial charge in [-0.1, -0.05) is 35.3 Å². The van der Waals surface area contributed by atoms with Crippen molar-refractivity contribution in [1.29, 1.82) is 0 Å². The number of hydrogen-bond donors (Lipinski definition) is 2. The van der Waals surface area contributed by atoms with Gasteiger partial charge in [0.1, 0.15) is 11.9 Å². The number of aromatic nitrogens is 2. The number of amides is 2. The first-order valence-corrected chi connectivity index (χ1v) is 10.8. The highest BCUT2D eigenvalue weighted by Crippen LogP contribution is 2.38. The number of benzene rings is 2. The first kappa shape index (κ1) is 20.8. The van der Waals surface area contributed by atoms with Crippen LogP contribution in [-0.4, -0.2) is 26.6 Å². The zero-order valence-corrected chi connectivity index (χ0v) is 18.3. The molecule has 1 aliphatic rings. The smallest absolute Gasteiger partial charge is 0.238 e. The Kier molecular flexibility index (Phi) is 6.04. The third-order valence-electron chi connectivity index (χ3n) is 4.76. The second-order valence-electron chi connectivity index (χ2n) is 6.89. The number of nitrogens with zero attached hydrogens (tertiary/aromatic N) is 2. The first-order valence-electron chi connectivity index (χ1n) is 9.20. The molecule has 1 aromatic heterocycles. The number of thioether (sulfide) groups is 1. The van der Waals surface area contributed by atoms with E-state index in [1.54, 1.807) is 30.5 Å². The maximum atomic E-state index is 12.9. The van der Waals surface area contributed by atoms with Crippen molar-refractivity contribution in [2.75, 3.05) is 5.32 Å². The zero-order chi connectivity index (χ0) is 21.3. The molecule has 0 saturated heterocycles. The minimum atomic E-state index is -0.536. The van der Waals surface area contributed by atoms with E-state index in [1.165, 1.54) is 11.8 Å². The van der Waals surface area contributed by atoms with Crippen molar-refractivity contribution >= 4 is 52.5 Å². The van der Waals surface area contributed by atoms with Crippen LogP contribution in [0.15, 0.2) is 59.8 Å². The van der Waals surface area contributed by atoms with Crippen LogP contribution in [0.4, 0.5) is 5.69 Å². The van der Waals surface area contributed by atoms with Crippen LogP contribution in [0.3, 0.4) is 0 Å². The molecular formula is C21H18Cl2N4O2S. The summed E-state index contributed by atoms with van der Waals surface area (Å²) in [7, 11) is 1.86. The molecule has 0 fully saturated rings. The third kappa shape index (κ3) is 4.48. The number of carbonyl (C=O) groups excluding carboxylic acids is 2. The Balaban J connectivity index is 1.52. The van der Waals surface area contributed by atoms with E-state index in [4.69, 9.17) is 23.2 Å². The molecule has 154 valence electrons. The molecule has 1 aliphatic heterocycles. The number of carbonyl (C=O) groups is 2. The summed E-state index contributed by atoms with van der Waals surface area (Å²) in [5, 5.41) is 6.47. The number of rotatable bonds is 5. The summed E-state index contributed by atoms with van der Waals surface area (Å²) < 4.78 is 1.85. The lowest BCUT2D eigenvalue weighted by atomic mass is 10.1. The van der Waals surface area contributed by atoms with Gasteiger partial charge in [0, 0.05) is 40.8 Å². The number of imidazole rings is 1. The van der Waals surface area contributed by atoms with E-state index in [-0.39, 0.29) is 18.2 Å². The Hall–Kier alpha value is -2.48. The Morgan fingerprint density at radius 1 is 1.23 bits per heavy atom. The van der Waals surface area contributed by atoms with Crippen molar-refractivity contribution in [3.8, 4) is 0 Å². The average molecular weight is 461 g/mol. The second kappa shape index (κ2) is 8.71. The van der Waals surface area contributed by atoms with Gasteiger partial charge in [0.15, 0.2) is 0 Å². The van der Waals surface area contributed by atoms with Crippen LogP contribution < -0.4 is 10.6 Å². The van der Waals surface area contributed by atoms with E-state index in [0.29, 0.717) is 21.6 Å². The third-order valence-corrected chi connectivity index (χ3v) is 6.52. The lowest BCUT2D eigenvalue weighted by molar-refractivity contribution is -0.124. The van der Waals surface area contributed by atoms with Crippen molar-refractivity contribution < 1.29 is 9.59 Å². The molecule has 30 heavy (non-hydrogen) atoms. The molecule has 0 bridgehead atoms. The van der Waals surface area contributed by atoms with Crippen molar-refractivity contribution in [2.45, 2.75) is 22.6 Å². The van der Waals surface area contributed by atoms with Gasteiger partial charge in [-0.05, 0) is 35.9 Å². The molecule has 3 aromatic rings. The van der Waals surface area contributed by atoms with Gasteiger partial charge in [-0.25, -0.2) is 4.98 Å².